The molecule has 0 aliphatic rings. The number of halogens is 1. The summed E-state index contributed by atoms with van der Waals surface area (Å²) in [7, 11) is 0. The fourth-order valence-corrected chi connectivity index (χ4v) is 1.59. The van der Waals surface area contributed by atoms with Crippen LogP contribution in [0.1, 0.15) is 17.3 Å². The van der Waals surface area contributed by atoms with Crippen molar-refractivity contribution >= 4 is 29.3 Å². The molecule has 0 aliphatic heterocycles. The lowest BCUT2D eigenvalue weighted by atomic mass is 10.3. The fourth-order valence-electron chi connectivity index (χ4n) is 1.30. The molecule has 0 fully saturated rings. The maximum absolute atomic E-state index is 10.8. The maximum Gasteiger partial charge on any atom is 0.337 e. The Morgan fingerprint density at radius 2 is 2.24 bits per heavy atom. The minimum atomic E-state index is -1.11. The van der Waals surface area contributed by atoms with Gasteiger partial charge in [0.05, 0.1) is 17.1 Å². The summed E-state index contributed by atoms with van der Waals surface area (Å²) in [5.41, 5.74) is 5.08. The van der Waals surface area contributed by atoms with Gasteiger partial charge in [0.2, 0.25) is 5.91 Å². The molecule has 0 aliphatic carbocycles. The van der Waals surface area contributed by atoms with Gasteiger partial charge in [-0.3, -0.25) is 4.79 Å². The second-order valence-electron chi connectivity index (χ2n) is 3.32. The molecule has 1 amide bonds. The average Bonchev–Trinajstić information content (AvgIpc) is 2.25. The third kappa shape index (κ3) is 3.32. The Morgan fingerprint density at radius 1 is 1.59 bits per heavy atom. The molecule has 0 saturated heterocycles. The number of rotatable bonds is 5. The molecule has 6 nitrogen and oxygen atoms in total. The van der Waals surface area contributed by atoms with Gasteiger partial charge in [-0.25, -0.2) is 9.78 Å². The number of nitrogens with zero attached hydrogens (tertiary/aromatic N) is 2. The summed E-state index contributed by atoms with van der Waals surface area (Å²) in [4.78, 5) is 27.0. The maximum atomic E-state index is 10.8. The molecule has 7 heteroatoms. The zero-order chi connectivity index (χ0) is 13.0. The second kappa shape index (κ2) is 5.49. The number of pyridine rings is 1. The van der Waals surface area contributed by atoms with Gasteiger partial charge >= 0.3 is 5.97 Å². The van der Waals surface area contributed by atoms with Crippen molar-refractivity contribution in [1.29, 1.82) is 0 Å². The summed E-state index contributed by atoms with van der Waals surface area (Å²) in [5, 5.41) is 8.93. The third-order valence-electron chi connectivity index (χ3n) is 2.10. The van der Waals surface area contributed by atoms with Gasteiger partial charge in [0.15, 0.2) is 0 Å². The Labute approximate surface area is 103 Å². The van der Waals surface area contributed by atoms with Gasteiger partial charge in [0, 0.05) is 12.7 Å². The van der Waals surface area contributed by atoms with E-state index in [4.69, 9.17) is 22.4 Å². The van der Waals surface area contributed by atoms with Gasteiger partial charge in [-0.15, -0.1) is 0 Å². The molecule has 0 atom stereocenters. The van der Waals surface area contributed by atoms with Gasteiger partial charge in [0.25, 0.3) is 0 Å². The van der Waals surface area contributed by atoms with Crippen LogP contribution in [0.3, 0.4) is 0 Å². The predicted octanol–water partition coefficient (Wildman–Crippen LogP) is 0.745. The number of likely N-dealkylation sites (N-methyl/N-ethyl adjacent to an activating group) is 1. The number of carboxylic acids is 1. The summed E-state index contributed by atoms with van der Waals surface area (Å²) in [5.74, 6) is -1.27. The number of carbonyl (C=O) groups is 2. The molecular weight excluding hydrogens is 246 g/mol. The smallest absolute Gasteiger partial charge is 0.337 e. The number of hydrogen-bond acceptors (Lipinski definition) is 4. The highest BCUT2D eigenvalue weighted by Crippen LogP contribution is 2.23. The summed E-state index contributed by atoms with van der Waals surface area (Å²) in [6.07, 6.45) is 1.19. The number of anilines is 1. The van der Waals surface area contributed by atoms with Crippen LogP contribution in [-0.4, -0.2) is 35.1 Å². The molecule has 92 valence electrons. The molecule has 0 radical (unpaired) electrons. The van der Waals surface area contributed by atoms with Gasteiger partial charge in [0.1, 0.15) is 5.82 Å². The Kier molecular flexibility index (Phi) is 4.28. The monoisotopic (exact) mass is 257 g/mol. The molecule has 1 aromatic rings. The van der Waals surface area contributed by atoms with Crippen molar-refractivity contribution in [3.05, 3.63) is 22.8 Å². The molecule has 1 rings (SSSR count). The fraction of sp³-hybridized carbons (Fsp3) is 0.300. The number of hydrogen-bond donors (Lipinski definition) is 2. The van der Waals surface area contributed by atoms with Crippen molar-refractivity contribution in [1.82, 2.24) is 4.98 Å². The second-order valence-corrected chi connectivity index (χ2v) is 3.72. The summed E-state index contributed by atoms with van der Waals surface area (Å²) in [6.45, 7) is 2.28. The molecule has 0 saturated carbocycles. The van der Waals surface area contributed by atoms with Crippen LogP contribution in [0.25, 0.3) is 0 Å². The van der Waals surface area contributed by atoms with Gasteiger partial charge in [-0.05, 0) is 13.0 Å². The molecule has 0 unspecified atom stereocenters. The van der Waals surface area contributed by atoms with Crippen LogP contribution in [0, 0.1) is 0 Å². The summed E-state index contributed by atoms with van der Waals surface area (Å²) >= 11 is 5.91. The SMILES string of the molecule is CCN(CC(N)=O)c1ncc(C(=O)O)cc1Cl. The first-order chi connectivity index (χ1) is 7.95. The molecule has 1 heterocycles. The van der Waals surface area contributed by atoms with Crippen molar-refractivity contribution in [2.45, 2.75) is 6.92 Å². The standard InChI is InChI=1S/C10H12ClN3O3/c1-2-14(5-8(12)15)9-7(11)3-6(4-13-9)10(16)17/h3-4H,2,5H2,1H3,(H2,12,15)(H,16,17). The normalized spacial score (nSPS) is 10.0. The van der Waals surface area contributed by atoms with E-state index in [2.05, 4.69) is 4.98 Å². The molecule has 0 bridgehead atoms. The zero-order valence-corrected chi connectivity index (χ0v) is 9.94. The topological polar surface area (TPSA) is 96.5 Å². The molecule has 0 spiro atoms. The van der Waals surface area contributed by atoms with Crippen LogP contribution < -0.4 is 10.6 Å². The van der Waals surface area contributed by atoms with E-state index in [1.54, 1.807) is 4.90 Å². The van der Waals surface area contributed by atoms with E-state index in [1.165, 1.54) is 12.3 Å². The minimum Gasteiger partial charge on any atom is -0.478 e. The minimum absolute atomic E-state index is 0.00567. The Morgan fingerprint density at radius 3 is 2.65 bits per heavy atom. The number of primary amides is 1. The lowest BCUT2D eigenvalue weighted by Gasteiger charge is -2.21. The number of nitrogens with two attached hydrogens (primary N) is 1. The van der Waals surface area contributed by atoms with Crippen molar-refractivity contribution in [2.24, 2.45) is 5.73 Å². The van der Waals surface area contributed by atoms with E-state index in [-0.39, 0.29) is 17.1 Å². The van der Waals surface area contributed by atoms with E-state index < -0.39 is 11.9 Å². The van der Waals surface area contributed by atoms with Crippen LogP contribution in [0.4, 0.5) is 5.82 Å². The van der Waals surface area contributed by atoms with Crippen LogP contribution >= 0.6 is 11.6 Å². The van der Waals surface area contributed by atoms with E-state index in [0.717, 1.165) is 0 Å². The van der Waals surface area contributed by atoms with Crippen molar-refractivity contribution < 1.29 is 14.7 Å². The number of aromatic nitrogens is 1. The van der Waals surface area contributed by atoms with Crippen molar-refractivity contribution in [2.75, 3.05) is 18.0 Å². The Bertz CT molecular complexity index is 450. The van der Waals surface area contributed by atoms with E-state index in [9.17, 15) is 9.59 Å². The largest absolute Gasteiger partial charge is 0.478 e. The van der Waals surface area contributed by atoms with E-state index in [0.29, 0.717) is 12.4 Å². The van der Waals surface area contributed by atoms with Crippen molar-refractivity contribution in [3.8, 4) is 0 Å². The lowest BCUT2D eigenvalue weighted by molar-refractivity contribution is -0.116. The highest BCUT2D eigenvalue weighted by Gasteiger charge is 2.14. The average molecular weight is 258 g/mol. The van der Waals surface area contributed by atoms with Gasteiger partial charge < -0.3 is 15.7 Å². The molecule has 1 aromatic heterocycles. The first kappa shape index (κ1) is 13.2. The molecular formula is C10H12ClN3O3. The third-order valence-corrected chi connectivity index (χ3v) is 2.37. The lowest BCUT2D eigenvalue weighted by Crippen LogP contribution is -2.34. The van der Waals surface area contributed by atoms with Gasteiger partial charge in [-0.1, -0.05) is 11.6 Å². The number of aromatic carboxylic acids is 1. The quantitative estimate of drug-likeness (QED) is 0.811. The summed E-state index contributed by atoms with van der Waals surface area (Å²) in [6, 6.07) is 1.29. The Hall–Kier alpha value is -1.82. The predicted molar refractivity (Wildman–Crippen MR) is 63.3 cm³/mol. The first-order valence-corrected chi connectivity index (χ1v) is 5.25. The number of carboxylic acid groups (broad SMARTS) is 1. The Balaban J connectivity index is 3.04. The highest BCUT2D eigenvalue weighted by atomic mass is 35.5. The molecule has 3 N–H and O–H groups in total. The molecule has 17 heavy (non-hydrogen) atoms. The van der Waals surface area contributed by atoms with Crippen LogP contribution in [0.2, 0.25) is 5.02 Å². The van der Waals surface area contributed by atoms with E-state index >= 15 is 0 Å². The van der Waals surface area contributed by atoms with Crippen LogP contribution in [0.5, 0.6) is 0 Å². The number of amides is 1. The van der Waals surface area contributed by atoms with E-state index in [1.807, 2.05) is 6.92 Å². The first-order valence-electron chi connectivity index (χ1n) is 4.87. The highest BCUT2D eigenvalue weighted by molar-refractivity contribution is 6.33. The zero-order valence-electron chi connectivity index (χ0n) is 9.18. The van der Waals surface area contributed by atoms with Crippen molar-refractivity contribution in [3.63, 3.8) is 0 Å². The number of carbonyl (C=O) groups excluding carboxylic acids is 1. The molecule has 0 aromatic carbocycles. The van der Waals surface area contributed by atoms with Gasteiger partial charge in [-0.2, -0.15) is 0 Å². The van der Waals surface area contributed by atoms with Crippen LogP contribution in [-0.2, 0) is 4.79 Å². The summed E-state index contributed by atoms with van der Waals surface area (Å²) < 4.78 is 0. The van der Waals surface area contributed by atoms with Crippen LogP contribution in [0.15, 0.2) is 12.3 Å².